The molecule has 5 nitrogen and oxygen atoms in total. The van der Waals surface area contributed by atoms with Crippen molar-refractivity contribution in [1.29, 1.82) is 0 Å². The van der Waals surface area contributed by atoms with Crippen LogP contribution in [0.25, 0.3) is 11.0 Å². The van der Waals surface area contributed by atoms with Crippen LogP contribution in [0.1, 0.15) is 11.3 Å². The van der Waals surface area contributed by atoms with Crippen LogP contribution in [0.3, 0.4) is 0 Å². The van der Waals surface area contributed by atoms with Gasteiger partial charge in [-0.3, -0.25) is 4.68 Å². The molecule has 1 N–H and O–H groups in total. The molecule has 0 spiro atoms. The predicted octanol–water partition coefficient (Wildman–Crippen LogP) is 2.28. The third-order valence-corrected chi connectivity index (χ3v) is 3.10. The van der Waals surface area contributed by atoms with Crippen molar-refractivity contribution in [2.45, 2.75) is 13.5 Å². The van der Waals surface area contributed by atoms with Gasteiger partial charge in [-0.15, -0.1) is 0 Å². The van der Waals surface area contributed by atoms with E-state index in [0.29, 0.717) is 0 Å². The highest BCUT2D eigenvalue weighted by molar-refractivity contribution is 5.88. The van der Waals surface area contributed by atoms with Gasteiger partial charge in [-0.1, -0.05) is 30.3 Å². The number of nitrogens with zero attached hydrogens (tertiary/aromatic N) is 4. The highest BCUT2D eigenvalue weighted by Crippen LogP contribution is 2.22. The topological polar surface area (TPSA) is 55.6 Å². The van der Waals surface area contributed by atoms with Gasteiger partial charge >= 0.3 is 0 Å². The van der Waals surface area contributed by atoms with Gasteiger partial charge in [-0.05, 0) is 12.5 Å². The number of aromatic nitrogens is 4. The predicted molar refractivity (Wildman–Crippen MR) is 74.8 cm³/mol. The van der Waals surface area contributed by atoms with Crippen molar-refractivity contribution in [3.05, 3.63) is 47.9 Å². The summed E-state index contributed by atoms with van der Waals surface area (Å²) in [7, 11) is 1.89. The molecule has 0 saturated carbocycles. The fraction of sp³-hybridized carbons (Fsp3) is 0.214. The summed E-state index contributed by atoms with van der Waals surface area (Å²) in [6, 6.07) is 10.2. The Morgan fingerprint density at radius 2 is 1.95 bits per heavy atom. The van der Waals surface area contributed by atoms with E-state index in [1.807, 2.05) is 32.2 Å². The molecule has 2 heterocycles. The zero-order valence-electron chi connectivity index (χ0n) is 11.0. The molecule has 0 amide bonds. The lowest BCUT2D eigenvalue weighted by molar-refractivity contribution is 0.773. The van der Waals surface area contributed by atoms with E-state index in [1.54, 1.807) is 11.0 Å². The molecule has 3 aromatic rings. The molecular weight excluding hydrogens is 238 g/mol. The highest BCUT2D eigenvalue weighted by atomic mass is 15.3. The lowest BCUT2D eigenvalue weighted by atomic mass is 10.2. The van der Waals surface area contributed by atoms with E-state index in [-0.39, 0.29) is 0 Å². The van der Waals surface area contributed by atoms with Crippen molar-refractivity contribution in [3.63, 3.8) is 0 Å². The molecule has 0 radical (unpaired) electrons. The molecule has 0 fully saturated rings. The van der Waals surface area contributed by atoms with Gasteiger partial charge in [0.2, 0.25) is 0 Å². The second-order valence-electron chi connectivity index (χ2n) is 4.47. The average Bonchev–Trinajstić information content (AvgIpc) is 2.74. The molecule has 2 aromatic heterocycles. The number of rotatable bonds is 3. The number of benzene rings is 1. The minimum Gasteiger partial charge on any atom is -0.365 e. The summed E-state index contributed by atoms with van der Waals surface area (Å²) in [5, 5.41) is 8.72. The maximum Gasteiger partial charge on any atom is 0.163 e. The third-order valence-electron chi connectivity index (χ3n) is 3.10. The first-order valence-electron chi connectivity index (χ1n) is 6.18. The number of aryl methyl sites for hydroxylation is 2. The zero-order valence-corrected chi connectivity index (χ0v) is 11.0. The van der Waals surface area contributed by atoms with Crippen molar-refractivity contribution in [2.75, 3.05) is 5.32 Å². The van der Waals surface area contributed by atoms with Gasteiger partial charge in [0.05, 0.1) is 11.1 Å². The fourth-order valence-corrected chi connectivity index (χ4v) is 2.19. The van der Waals surface area contributed by atoms with E-state index in [1.165, 1.54) is 5.56 Å². The Balaban J connectivity index is 1.93. The van der Waals surface area contributed by atoms with Crippen LogP contribution in [-0.2, 0) is 13.6 Å². The summed E-state index contributed by atoms with van der Waals surface area (Å²) >= 11 is 0. The third kappa shape index (κ3) is 2.14. The van der Waals surface area contributed by atoms with Crippen molar-refractivity contribution >= 4 is 16.9 Å². The summed E-state index contributed by atoms with van der Waals surface area (Å²) in [4.78, 5) is 8.59. The van der Waals surface area contributed by atoms with Gasteiger partial charge in [0.25, 0.3) is 0 Å². The van der Waals surface area contributed by atoms with Crippen LogP contribution in [0.5, 0.6) is 0 Å². The summed E-state index contributed by atoms with van der Waals surface area (Å²) in [6.45, 7) is 2.71. The molecule has 96 valence electrons. The second kappa shape index (κ2) is 4.68. The van der Waals surface area contributed by atoms with E-state index in [2.05, 4.69) is 32.5 Å². The molecule has 5 heteroatoms. The van der Waals surface area contributed by atoms with E-state index in [9.17, 15) is 0 Å². The molecule has 0 aliphatic carbocycles. The van der Waals surface area contributed by atoms with Crippen LogP contribution < -0.4 is 5.32 Å². The summed E-state index contributed by atoms with van der Waals surface area (Å²) in [6.07, 6.45) is 1.57. The molecule has 19 heavy (non-hydrogen) atoms. The highest BCUT2D eigenvalue weighted by Gasteiger charge is 2.11. The maximum absolute atomic E-state index is 4.38. The fourth-order valence-electron chi connectivity index (χ4n) is 2.19. The molecule has 0 aliphatic heterocycles. The van der Waals surface area contributed by atoms with Crippen LogP contribution >= 0.6 is 0 Å². The van der Waals surface area contributed by atoms with E-state index >= 15 is 0 Å². The molecule has 0 saturated heterocycles. The van der Waals surface area contributed by atoms with E-state index in [0.717, 1.165) is 29.1 Å². The van der Waals surface area contributed by atoms with Crippen LogP contribution in [-0.4, -0.2) is 19.7 Å². The summed E-state index contributed by atoms with van der Waals surface area (Å²) in [5.41, 5.74) is 3.01. The number of anilines is 1. The number of fused-ring (bicyclic) bond motifs is 1. The summed E-state index contributed by atoms with van der Waals surface area (Å²) in [5.74, 6) is 0.833. The Morgan fingerprint density at radius 3 is 2.74 bits per heavy atom. The van der Waals surface area contributed by atoms with Crippen molar-refractivity contribution in [3.8, 4) is 0 Å². The Labute approximate surface area is 111 Å². The van der Waals surface area contributed by atoms with Crippen LogP contribution in [0.4, 0.5) is 5.82 Å². The maximum atomic E-state index is 4.38. The smallest absolute Gasteiger partial charge is 0.163 e. The lowest BCUT2D eigenvalue weighted by Crippen LogP contribution is -2.02. The van der Waals surface area contributed by atoms with Gasteiger partial charge < -0.3 is 5.32 Å². The molecule has 1 aromatic carbocycles. The molecular formula is C14H15N5. The Hall–Kier alpha value is -2.43. The first-order chi connectivity index (χ1) is 9.25. The molecule has 0 bridgehead atoms. The van der Waals surface area contributed by atoms with E-state index < -0.39 is 0 Å². The minimum atomic E-state index is 0.737. The second-order valence-corrected chi connectivity index (χ2v) is 4.47. The molecule has 3 rings (SSSR count). The van der Waals surface area contributed by atoms with Crippen molar-refractivity contribution < 1.29 is 0 Å². The van der Waals surface area contributed by atoms with E-state index in [4.69, 9.17) is 0 Å². The first-order valence-corrected chi connectivity index (χ1v) is 6.18. The summed E-state index contributed by atoms with van der Waals surface area (Å²) < 4.78 is 1.78. The van der Waals surface area contributed by atoms with Crippen molar-refractivity contribution in [2.24, 2.45) is 7.05 Å². The number of nitrogens with one attached hydrogen (secondary N) is 1. The standard InChI is InChI=1S/C14H15N5/c1-10-12-13(15-8-11-6-4-3-5-7-11)16-9-17-14(12)19(2)18-10/h3-7,9H,8H2,1-2H3,(H,15,16,17). The minimum absolute atomic E-state index is 0.737. The molecule has 0 aliphatic rings. The largest absolute Gasteiger partial charge is 0.365 e. The van der Waals surface area contributed by atoms with Gasteiger partial charge in [0, 0.05) is 13.6 Å². The van der Waals surface area contributed by atoms with Crippen LogP contribution in [0, 0.1) is 6.92 Å². The molecule has 0 unspecified atom stereocenters. The average molecular weight is 253 g/mol. The zero-order chi connectivity index (χ0) is 13.2. The quantitative estimate of drug-likeness (QED) is 0.778. The van der Waals surface area contributed by atoms with Crippen molar-refractivity contribution in [1.82, 2.24) is 19.7 Å². The monoisotopic (exact) mass is 253 g/mol. The van der Waals surface area contributed by atoms with Gasteiger partial charge in [0.15, 0.2) is 5.65 Å². The van der Waals surface area contributed by atoms with Gasteiger partial charge in [0.1, 0.15) is 12.1 Å². The Bertz CT molecular complexity index is 702. The number of hydrogen-bond acceptors (Lipinski definition) is 4. The van der Waals surface area contributed by atoms with Crippen LogP contribution in [0.15, 0.2) is 36.7 Å². The van der Waals surface area contributed by atoms with Crippen LogP contribution in [0.2, 0.25) is 0 Å². The Morgan fingerprint density at radius 1 is 1.16 bits per heavy atom. The van der Waals surface area contributed by atoms with Gasteiger partial charge in [-0.25, -0.2) is 9.97 Å². The van der Waals surface area contributed by atoms with Gasteiger partial charge in [-0.2, -0.15) is 5.10 Å². The SMILES string of the molecule is Cc1nn(C)c2ncnc(NCc3ccccc3)c12. The Kier molecular flexibility index (Phi) is 2.87. The normalized spacial score (nSPS) is 10.8. The number of hydrogen-bond donors (Lipinski definition) is 1. The molecule has 0 atom stereocenters. The first kappa shape index (κ1) is 11.6. The lowest BCUT2D eigenvalue weighted by Gasteiger charge is -2.06.